The van der Waals surface area contributed by atoms with E-state index in [1.54, 1.807) is 0 Å². The van der Waals surface area contributed by atoms with Crippen molar-refractivity contribution in [3.05, 3.63) is 0 Å². The zero-order valence-corrected chi connectivity index (χ0v) is 11.3. The number of piperidine rings is 1. The smallest absolute Gasteiger partial charge is 0.00967 e. The molecule has 2 heterocycles. The topological polar surface area (TPSA) is 15.3 Å². The number of likely N-dealkylation sites (tertiary alicyclic amines) is 1. The van der Waals surface area contributed by atoms with Crippen LogP contribution >= 0.6 is 0 Å². The summed E-state index contributed by atoms with van der Waals surface area (Å²) in [6.07, 6.45) is 10.2. The van der Waals surface area contributed by atoms with Crippen LogP contribution in [0.5, 0.6) is 0 Å². The van der Waals surface area contributed by atoms with Crippen molar-refractivity contribution >= 4 is 0 Å². The van der Waals surface area contributed by atoms with Crippen LogP contribution in [0.1, 0.15) is 51.9 Å². The summed E-state index contributed by atoms with van der Waals surface area (Å²) in [5, 5.41) is 3.69. The second-order valence-corrected chi connectivity index (χ2v) is 6.60. The van der Waals surface area contributed by atoms with Gasteiger partial charge in [0.05, 0.1) is 0 Å². The number of nitrogens with one attached hydrogen (secondary N) is 1. The largest absolute Gasteiger partial charge is 0.314 e. The van der Waals surface area contributed by atoms with Gasteiger partial charge in [-0.1, -0.05) is 12.8 Å². The van der Waals surface area contributed by atoms with Gasteiger partial charge >= 0.3 is 0 Å². The molecule has 2 atom stereocenters. The van der Waals surface area contributed by atoms with Crippen LogP contribution in [0.4, 0.5) is 0 Å². The lowest BCUT2D eigenvalue weighted by Crippen LogP contribution is -2.44. The van der Waals surface area contributed by atoms with E-state index in [9.17, 15) is 0 Å². The highest BCUT2D eigenvalue weighted by Gasteiger charge is 2.31. The molecule has 0 aromatic carbocycles. The Morgan fingerprint density at radius 1 is 1.12 bits per heavy atom. The molecule has 0 aromatic heterocycles. The predicted molar refractivity (Wildman–Crippen MR) is 72.1 cm³/mol. The van der Waals surface area contributed by atoms with E-state index in [0.717, 1.165) is 23.9 Å². The molecule has 1 aliphatic carbocycles. The second kappa shape index (κ2) is 5.27. The Balaban J connectivity index is 1.42. The monoisotopic (exact) mass is 236 g/mol. The minimum Gasteiger partial charge on any atom is -0.314 e. The van der Waals surface area contributed by atoms with Gasteiger partial charge in [0.1, 0.15) is 0 Å². The Labute approximate surface area is 106 Å². The molecule has 3 aliphatic rings. The number of rotatable bonds is 4. The fourth-order valence-electron chi connectivity index (χ4n) is 3.86. The predicted octanol–water partition coefficient (Wildman–Crippen LogP) is 2.64. The maximum absolute atomic E-state index is 3.69. The Hall–Kier alpha value is -0.0800. The molecule has 3 rings (SSSR count). The van der Waals surface area contributed by atoms with Gasteiger partial charge in [-0.3, -0.25) is 0 Å². The highest BCUT2D eigenvalue weighted by Crippen LogP contribution is 2.35. The molecular formula is C15H28N2. The zero-order valence-electron chi connectivity index (χ0n) is 11.3. The van der Waals surface area contributed by atoms with Crippen LogP contribution in [-0.2, 0) is 0 Å². The molecule has 2 nitrogen and oxygen atoms in total. The summed E-state index contributed by atoms with van der Waals surface area (Å²) >= 11 is 0. The first-order valence-corrected chi connectivity index (χ1v) is 7.80. The Kier molecular flexibility index (Phi) is 3.72. The van der Waals surface area contributed by atoms with Crippen molar-refractivity contribution < 1.29 is 0 Å². The molecule has 2 unspecified atom stereocenters. The van der Waals surface area contributed by atoms with Crippen molar-refractivity contribution in [1.82, 2.24) is 10.2 Å². The van der Waals surface area contributed by atoms with Crippen LogP contribution in [0.2, 0.25) is 0 Å². The molecule has 0 spiro atoms. The summed E-state index contributed by atoms with van der Waals surface area (Å²) in [6, 6.07) is 1.70. The zero-order chi connectivity index (χ0) is 11.7. The van der Waals surface area contributed by atoms with Gasteiger partial charge in [0.15, 0.2) is 0 Å². The van der Waals surface area contributed by atoms with E-state index in [2.05, 4.69) is 17.1 Å². The third kappa shape index (κ3) is 3.03. The van der Waals surface area contributed by atoms with Crippen LogP contribution in [0.15, 0.2) is 0 Å². The van der Waals surface area contributed by atoms with Crippen molar-refractivity contribution in [2.75, 3.05) is 19.6 Å². The van der Waals surface area contributed by atoms with Crippen molar-refractivity contribution in [1.29, 1.82) is 0 Å². The number of hydrogen-bond donors (Lipinski definition) is 1. The van der Waals surface area contributed by atoms with Crippen LogP contribution < -0.4 is 5.32 Å². The summed E-state index contributed by atoms with van der Waals surface area (Å²) in [4.78, 5) is 2.75. The molecule has 0 bridgehead atoms. The highest BCUT2D eigenvalue weighted by atomic mass is 15.2. The lowest BCUT2D eigenvalue weighted by Gasteiger charge is -2.38. The van der Waals surface area contributed by atoms with Crippen LogP contribution in [0.25, 0.3) is 0 Å². The van der Waals surface area contributed by atoms with E-state index in [4.69, 9.17) is 0 Å². The minimum atomic E-state index is 0.847. The van der Waals surface area contributed by atoms with Gasteiger partial charge in [0, 0.05) is 12.1 Å². The summed E-state index contributed by atoms with van der Waals surface area (Å²) in [5.74, 6) is 2.06. The normalized spacial score (nSPS) is 34.1. The van der Waals surface area contributed by atoms with Crippen molar-refractivity contribution in [3.63, 3.8) is 0 Å². The average molecular weight is 236 g/mol. The lowest BCUT2D eigenvalue weighted by atomic mass is 9.88. The molecule has 17 heavy (non-hydrogen) atoms. The molecule has 0 radical (unpaired) electrons. The molecule has 2 saturated heterocycles. The molecule has 3 fully saturated rings. The van der Waals surface area contributed by atoms with E-state index in [0.29, 0.717) is 0 Å². The molecule has 0 amide bonds. The first kappa shape index (κ1) is 12.0. The van der Waals surface area contributed by atoms with E-state index < -0.39 is 0 Å². The standard InChI is InChI=1S/C15H28N2/c1-12(11-13-4-5-13)17-9-6-14(7-10-17)15-3-2-8-16-15/h12-16H,2-11H2,1H3. The number of nitrogens with zero attached hydrogens (tertiary/aromatic N) is 1. The van der Waals surface area contributed by atoms with Crippen LogP contribution in [0.3, 0.4) is 0 Å². The molecule has 2 heteroatoms. The quantitative estimate of drug-likeness (QED) is 0.807. The van der Waals surface area contributed by atoms with Gasteiger partial charge in [0.2, 0.25) is 0 Å². The van der Waals surface area contributed by atoms with Crippen molar-refractivity contribution in [2.45, 2.75) is 64.0 Å². The van der Waals surface area contributed by atoms with Gasteiger partial charge in [-0.15, -0.1) is 0 Å². The minimum absolute atomic E-state index is 0.847. The maximum atomic E-state index is 3.69. The fourth-order valence-corrected chi connectivity index (χ4v) is 3.86. The first-order valence-electron chi connectivity index (χ1n) is 7.80. The third-order valence-electron chi connectivity index (χ3n) is 5.24. The Morgan fingerprint density at radius 3 is 2.47 bits per heavy atom. The summed E-state index contributed by atoms with van der Waals surface area (Å²) in [7, 11) is 0. The van der Waals surface area contributed by atoms with Gasteiger partial charge in [-0.25, -0.2) is 0 Å². The van der Waals surface area contributed by atoms with Crippen LogP contribution in [-0.4, -0.2) is 36.6 Å². The highest BCUT2D eigenvalue weighted by molar-refractivity contribution is 4.87. The van der Waals surface area contributed by atoms with Gasteiger partial charge < -0.3 is 10.2 Å². The summed E-state index contributed by atoms with van der Waals surface area (Å²) < 4.78 is 0. The molecule has 1 saturated carbocycles. The SMILES string of the molecule is CC(CC1CC1)N1CCC(C2CCCN2)CC1. The molecule has 1 N–H and O–H groups in total. The summed E-state index contributed by atoms with van der Waals surface area (Å²) in [5.41, 5.74) is 0. The Bertz CT molecular complexity index is 235. The van der Waals surface area contributed by atoms with Crippen molar-refractivity contribution in [2.24, 2.45) is 11.8 Å². The lowest BCUT2D eigenvalue weighted by molar-refractivity contribution is 0.119. The van der Waals surface area contributed by atoms with Crippen molar-refractivity contribution in [3.8, 4) is 0 Å². The summed E-state index contributed by atoms with van der Waals surface area (Å²) in [6.45, 7) is 6.43. The third-order valence-corrected chi connectivity index (χ3v) is 5.24. The molecular weight excluding hydrogens is 208 g/mol. The van der Waals surface area contributed by atoms with Gasteiger partial charge in [-0.2, -0.15) is 0 Å². The fraction of sp³-hybridized carbons (Fsp3) is 1.00. The van der Waals surface area contributed by atoms with Gasteiger partial charge in [0.25, 0.3) is 0 Å². The first-order chi connectivity index (χ1) is 8.33. The molecule has 0 aromatic rings. The molecule has 98 valence electrons. The molecule has 2 aliphatic heterocycles. The average Bonchev–Trinajstić information content (AvgIpc) is 3.00. The maximum Gasteiger partial charge on any atom is 0.00967 e. The van der Waals surface area contributed by atoms with E-state index in [1.807, 2.05) is 0 Å². The van der Waals surface area contributed by atoms with E-state index >= 15 is 0 Å². The Morgan fingerprint density at radius 2 is 1.88 bits per heavy atom. The van der Waals surface area contributed by atoms with E-state index in [-0.39, 0.29) is 0 Å². The van der Waals surface area contributed by atoms with Crippen LogP contribution in [0, 0.1) is 11.8 Å². The van der Waals surface area contributed by atoms with E-state index in [1.165, 1.54) is 64.6 Å². The van der Waals surface area contributed by atoms with Gasteiger partial charge in [-0.05, 0) is 70.5 Å². The number of hydrogen-bond acceptors (Lipinski definition) is 2. The second-order valence-electron chi connectivity index (χ2n) is 6.60.